The highest BCUT2D eigenvalue weighted by Gasteiger charge is 2.37. The highest BCUT2D eigenvalue weighted by molar-refractivity contribution is 5.76. The summed E-state index contributed by atoms with van der Waals surface area (Å²) in [6, 6.07) is 0. The Morgan fingerprint density at radius 2 is 1.76 bits per heavy atom. The maximum atomic E-state index is 12.1. The third-order valence-corrected chi connectivity index (χ3v) is 4.98. The lowest BCUT2D eigenvalue weighted by Gasteiger charge is -2.18. The number of rotatable bonds is 3. The number of fused-ring (bicyclic) bond motifs is 1. The van der Waals surface area contributed by atoms with E-state index in [9.17, 15) is 4.79 Å². The van der Waals surface area contributed by atoms with Gasteiger partial charge >= 0.3 is 0 Å². The van der Waals surface area contributed by atoms with E-state index >= 15 is 0 Å². The lowest BCUT2D eigenvalue weighted by atomic mass is 10.0. The zero-order valence-corrected chi connectivity index (χ0v) is 10.7. The molecule has 1 N–H and O–H groups in total. The van der Waals surface area contributed by atoms with Gasteiger partial charge in [0.1, 0.15) is 0 Å². The molecule has 2 heterocycles. The molecule has 0 aromatic heterocycles. The molecule has 0 bridgehead atoms. The zero-order valence-electron chi connectivity index (χ0n) is 10.7. The fraction of sp³-hybridized carbons (Fsp3) is 0.929. The lowest BCUT2D eigenvalue weighted by Crippen LogP contribution is -2.31. The lowest BCUT2D eigenvalue weighted by molar-refractivity contribution is -0.130. The first-order valence-electron chi connectivity index (χ1n) is 7.31. The third kappa shape index (κ3) is 2.49. The van der Waals surface area contributed by atoms with Crippen molar-refractivity contribution < 1.29 is 4.79 Å². The predicted molar refractivity (Wildman–Crippen MR) is 67.6 cm³/mol. The Bertz CT molecular complexity index is 274. The van der Waals surface area contributed by atoms with Gasteiger partial charge in [-0.25, -0.2) is 0 Å². The fourth-order valence-electron chi connectivity index (χ4n) is 3.84. The van der Waals surface area contributed by atoms with E-state index in [-0.39, 0.29) is 0 Å². The summed E-state index contributed by atoms with van der Waals surface area (Å²) in [6.45, 7) is 4.27. The minimum absolute atomic E-state index is 0.422. The second kappa shape index (κ2) is 4.97. The van der Waals surface area contributed by atoms with Gasteiger partial charge in [0, 0.05) is 32.6 Å². The van der Waals surface area contributed by atoms with Crippen LogP contribution in [-0.2, 0) is 4.79 Å². The van der Waals surface area contributed by atoms with Crippen LogP contribution in [0.3, 0.4) is 0 Å². The van der Waals surface area contributed by atoms with E-state index in [0.717, 1.165) is 56.8 Å². The highest BCUT2D eigenvalue weighted by Crippen LogP contribution is 2.30. The number of nitrogens with one attached hydrogen (secondary N) is 1. The third-order valence-electron chi connectivity index (χ3n) is 4.98. The molecule has 3 rings (SSSR count). The van der Waals surface area contributed by atoms with Crippen molar-refractivity contribution in [1.82, 2.24) is 10.2 Å². The average molecular weight is 236 g/mol. The van der Waals surface area contributed by atoms with Crippen molar-refractivity contribution in [3.63, 3.8) is 0 Å². The van der Waals surface area contributed by atoms with Gasteiger partial charge in [0.05, 0.1) is 0 Å². The van der Waals surface area contributed by atoms with E-state index in [0.29, 0.717) is 5.91 Å². The molecule has 96 valence electrons. The van der Waals surface area contributed by atoms with Gasteiger partial charge in [-0.2, -0.15) is 0 Å². The summed E-state index contributed by atoms with van der Waals surface area (Å²) in [4.78, 5) is 14.3. The van der Waals surface area contributed by atoms with E-state index in [2.05, 4.69) is 10.2 Å². The molecule has 1 amide bonds. The van der Waals surface area contributed by atoms with Crippen LogP contribution in [0, 0.1) is 17.8 Å². The normalized spacial score (nSPS) is 33.3. The summed E-state index contributed by atoms with van der Waals surface area (Å²) in [6.07, 6.45) is 7.45. The summed E-state index contributed by atoms with van der Waals surface area (Å²) in [7, 11) is 0. The topological polar surface area (TPSA) is 32.3 Å². The van der Waals surface area contributed by atoms with Gasteiger partial charge in [0.2, 0.25) is 5.91 Å². The van der Waals surface area contributed by atoms with E-state index in [1.165, 1.54) is 25.7 Å². The van der Waals surface area contributed by atoms with Gasteiger partial charge < -0.3 is 10.2 Å². The molecule has 2 aliphatic heterocycles. The van der Waals surface area contributed by atoms with Crippen molar-refractivity contribution in [1.29, 1.82) is 0 Å². The Balaban J connectivity index is 1.43. The van der Waals surface area contributed by atoms with Gasteiger partial charge in [0.15, 0.2) is 0 Å². The van der Waals surface area contributed by atoms with Gasteiger partial charge in [-0.15, -0.1) is 0 Å². The summed E-state index contributed by atoms with van der Waals surface area (Å²) in [5.41, 5.74) is 0. The number of nitrogens with zero attached hydrogens (tertiary/aromatic N) is 1. The van der Waals surface area contributed by atoms with Crippen LogP contribution in [0.2, 0.25) is 0 Å². The molecule has 1 saturated carbocycles. The molecule has 3 nitrogen and oxygen atoms in total. The smallest absolute Gasteiger partial charge is 0.222 e. The standard InChI is InChI=1S/C14H24N2O/c17-14(6-5-11-3-1-2-4-11)16-9-12-7-15-8-13(12)10-16/h11-13,15H,1-10H2. The van der Waals surface area contributed by atoms with E-state index in [1.807, 2.05) is 0 Å². The Kier molecular flexibility index (Phi) is 3.37. The molecule has 3 aliphatic rings. The van der Waals surface area contributed by atoms with Crippen LogP contribution in [0.15, 0.2) is 0 Å². The van der Waals surface area contributed by atoms with Crippen molar-refractivity contribution in [3.05, 3.63) is 0 Å². The maximum absolute atomic E-state index is 12.1. The number of hydrogen-bond acceptors (Lipinski definition) is 2. The van der Waals surface area contributed by atoms with Gasteiger partial charge in [-0.3, -0.25) is 4.79 Å². The zero-order chi connectivity index (χ0) is 11.7. The van der Waals surface area contributed by atoms with Gasteiger partial charge in [-0.05, 0) is 24.2 Å². The van der Waals surface area contributed by atoms with Crippen LogP contribution in [-0.4, -0.2) is 37.0 Å². The molecule has 2 unspecified atom stereocenters. The van der Waals surface area contributed by atoms with E-state index in [1.54, 1.807) is 0 Å². The van der Waals surface area contributed by atoms with Gasteiger partial charge in [0.25, 0.3) is 0 Å². The maximum Gasteiger partial charge on any atom is 0.222 e. The summed E-state index contributed by atoms with van der Waals surface area (Å²) in [5, 5.41) is 3.42. The molecular formula is C14H24N2O. The number of carbonyl (C=O) groups is 1. The van der Waals surface area contributed by atoms with Crippen LogP contribution >= 0.6 is 0 Å². The van der Waals surface area contributed by atoms with Crippen molar-refractivity contribution in [2.45, 2.75) is 38.5 Å². The Labute approximate surface area is 104 Å². The number of hydrogen-bond donors (Lipinski definition) is 1. The first-order valence-corrected chi connectivity index (χ1v) is 7.31. The second-order valence-corrected chi connectivity index (χ2v) is 6.17. The van der Waals surface area contributed by atoms with Gasteiger partial charge in [-0.1, -0.05) is 25.7 Å². The molecule has 2 saturated heterocycles. The average Bonchev–Trinajstić information content (AvgIpc) is 3.01. The Morgan fingerprint density at radius 1 is 1.12 bits per heavy atom. The van der Waals surface area contributed by atoms with E-state index in [4.69, 9.17) is 0 Å². The fourth-order valence-corrected chi connectivity index (χ4v) is 3.84. The molecular weight excluding hydrogens is 212 g/mol. The molecule has 17 heavy (non-hydrogen) atoms. The molecule has 0 aromatic carbocycles. The summed E-state index contributed by atoms with van der Waals surface area (Å²) >= 11 is 0. The van der Waals surface area contributed by atoms with Crippen LogP contribution in [0.5, 0.6) is 0 Å². The van der Waals surface area contributed by atoms with Crippen molar-refractivity contribution in [2.24, 2.45) is 17.8 Å². The summed E-state index contributed by atoms with van der Waals surface area (Å²) < 4.78 is 0. The second-order valence-electron chi connectivity index (χ2n) is 6.17. The number of amides is 1. The minimum Gasteiger partial charge on any atom is -0.342 e. The number of likely N-dealkylation sites (tertiary alicyclic amines) is 1. The molecule has 3 heteroatoms. The summed E-state index contributed by atoms with van der Waals surface area (Å²) in [5.74, 6) is 2.75. The Hall–Kier alpha value is -0.570. The predicted octanol–water partition coefficient (Wildman–Crippen LogP) is 1.63. The molecule has 0 spiro atoms. The SMILES string of the molecule is O=C(CCC1CCCC1)N1CC2CNCC2C1. The Morgan fingerprint density at radius 3 is 2.41 bits per heavy atom. The first-order chi connectivity index (χ1) is 8.33. The van der Waals surface area contributed by atoms with E-state index < -0.39 is 0 Å². The molecule has 2 atom stereocenters. The molecule has 0 radical (unpaired) electrons. The van der Waals surface area contributed by atoms with Crippen LogP contribution in [0.4, 0.5) is 0 Å². The number of carbonyl (C=O) groups excluding carboxylic acids is 1. The van der Waals surface area contributed by atoms with Crippen LogP contribution in [0.1, 0.15) is 38.5 Å². The highest BCUT2D eigenvalue weighted by atomic mass is 16.2. The molecule has 1 aliphatic carbocycles. The van der Waals surface area contributed by atoms with Crippen LogP contribution in [0.25, 0.3) is 0 Å². The quantitative estimate of drug-likeness (QED) is 0.808. The largest absolute Gasteiger partial charge is 0.342 e. The van der Waals surface area contributed by atoms with Crippen molar-refractivity contribution >= 4 is 5.91 Å². The van der Waals surface area contributed by atoms with Crippen molar-refractivity contribution in [3.8, 4) is 0 Å². The first kappa shape index (κ1) is 11.5. The molecule has 0 aromatic rings. The molecule has 3 fully saturated rings. The monoisotopic (exact) mass is 236 g/mol. The van der Waals surface area contributed by atoms with Crippen LogP contribution < -0.4 is 5.32 Å². The van der Waals surface area contributed by atoms with Crippen molar-refractivity contribution in [2.75, 3.05) is 26.2 Å². The minimum atomic E-state index is 0.422.